The minimum absolute atomic E-state index is 0.0125. The van der Waals surface area contributed by atoms with Crippen LogP contribution >= 0.6 is 31.9 Å². The molecule has 1 saturated heterocycles. The maximum Gasteiger partial charge on any atom is 0.298 e. The van der Waals surface area contributed by atoms with Gasteiger partial charge in [-0.25, -0.2) is 0 Å². The molecule has 26 heavy (non-hydrogen) atoms. The number of nitrogens with one attached hydrogen (secondary N) is 1. The second-order valence-electron chi connectivity index (χ2n) is 6.34. The lowest BCUT2D eigenvalue weighted by Gasteiger charge is -2.30. The Balaban J connectivity index is 1.39. The highest BCUT2D eigenvalue weighted by molar-refractivity contribution is 9.11. The highest BCUT2D eigenvalue weighted by atomic mass is 79.9. The van der Waals surface area contributed by atoms with Crippen molar-refractivity contribution in [1.82, 2.24) is 4.98 Å². The summed E-state index contributed by atoms with van der Waals surface area (Å²) in [5, 5.41) is 3.02. The van der Waals surface area contributed by atoms with Crippen molar-refractivity contribution in [1.29, 1.82) is 0 Å². The molecule has 3 aromatic rings. The number of carbonyl (C=O) groups excluding carboxylic acids is 1. The van der Waals surface area contributed by atoms with Crippen LogP contribution in [0.5, 0.6) is 0 Å². The van der Waals surface area contributed by atoms with Crippen LogP contribution in [0.4, 0.5) is 11.7 Å². The number of piperidine rings is 1. The van der Waals surface area contributed by atoms with E-state index < -0.39 is 0 Å². The number of anilines is 2. The second kappa shape index (κ2) is 7.40. The Labute approximate surface area is 168 Å². The van der Waals surface area contributed by atoms with Gasteiger partial charge in [-0.2, -0.15) is 4.98 Å². The van der Waals surface area contributed by atoms with Crippen molar-refractivity contribution in [3.8, 4) is 0 Å². The van der Waals surface area contributed by atoms with Crippen molar-refractivity contribution in [2.45, 2.75) is 12.8 Å². The highest BCUT2D eigenvalue weighted by Crippen LogP contribution is 2.29. The van der Waals surface area contributed by atoms with Crippen LogP contribution in [0.3, 0.4) is 0 Å². The average Bonchev–Trinajstić information content (AvgIpc) is 3.09. The molecule has 1 amide bonds. The number of fused-ring (bicyclic) bond motifs is 1. The Kier molecular flexibility index (Phi) is 5.00. The Morgan fingerprint density at radius 2 is 1.92 bits per heavy atom. The van der Waals surface area contributed by atoms with E-state index in [9.17, 15) is 4.79 Å². The Morgan fingerprint density at radius 1 is 1.15 bits per heavy atom. The van der Waals surface area contributed by atoms with Crippen LogP contribution in [0, 0.1) is 5.92 Å². The van der Waals surface area contributed by atoms with E-state index in [4.69, 9.17) is 4.42 Å². The SMILES string of the molecule is O=C(Nc1cc(Br)ccc1Br)C1CCN(c2nc3ccccc3o2)CC1. The van der Waals surface area contributed by atoms with Crippen molar-refractivity contribution in [3.05, 3.63) is 51.4 Å². The first kappa shape index (κ1) is 17.5. The van der Waals surface area contributed by atoms with E-state index in [0.29, 0.717) is 6.01 Å². The van der Waals surface area contributed by atoms with Crippen LogP contribution in [-0.2, 0) is 4.79 Å². The number of benzene rings is 2. The minimum Gasteiger partial charge on any atom is -0.423 e. The Bertz CT molecular complexity index is 916. The van der Waals surface area contributed by atoms with Gasteiger partial charge in [0.2, 0.25) is 5.91 Å². The van der Waals surface area contributed by atoms with Gasteiger partial charge in [0, 0.05) is 28.0 Å². The zero-order valence-electron chi connectivity index (χ0n) is 13.9. The fourth-order valence-corrected chi connectivity index (χ4v) is 3.86. The smallest absolute Gasteiger partial charge is 0.298 e. The summed E-state index contributed by atoms with van der Waals surface area (Å²) in [4.78, 5) is 19.3. The molecular formula is C19H17Br2N3O2. The first-order valence-corrected chi connectivity index (χ1v) is 10.1. The molecule has 0 atom stereocenters. The maximum absolute atomic E-state index is 12.6. The molecule has 1 aromatic heterocycles. The molecule has 2 heterocycles. The predicted molar refractivity (Wildman–Crippen MR) is 109 cm³/mol. The van der Waals surface area contributed by atoms with Gasteiger partial charge in [0.15, 0.2) is 5.58 Å². The molecule has 1 N–H and O–H groups in total. The molecule has 0 unspecified atom stereocenters. The summed E-state index contributed by atoms with van der Waals surface area (Å²) in [6.45, 7) is 1.51. The van der Waals surface area contributed by atoms with Gasteiger partial charge in [-0.05, 0) is 59.1 Å². The molecule has 0 bridgehead atoms. The number of hydrogen-bond donors (Lipinski definition) is 1. The number of oxazole rings is 1. The van der Waals surface area contributed by atoms with Gasteiger partial charge in [-0.15, -0.1) is 0 Å². The molecule has 2 aromatic carbocycles. The van der Waals surface area contributed by atoms with Gasteiger partial charge in [-0.1, -0.05) is 28.1 Å². The second-order valence-corrected chi connectivity index (χ2v) is 8.11. The fourth-order valence-electron chi connectivity index (χ4n) is 3.16. The normalized spacial score (nSPS) is 15.4. The van der Waals surface area contributed by atoms with E-state index in [1.165, 1.54) is 0 Å². The molecule has 4 rings (SSSR count). The van der Waals surface area contributed by atoms with Crippen molar-refractivity contribution in [3.63, 3.8) is 0 Å². The van der Waals surface area contributed by atoms with Crippen LogP contribution in [0.2, 0.25) is 0 Å². The van der Waals surface area contributed by atoms with Gasteiger partial charge >= 0.3 is 0 Å². The zero-order valence-corrected chi connectivity index (χ0v) is 17.1. The maximum atomic E-state index is 12.6. The standard InChI is InChI=1S/C19H17Br2N3O2/c20-13-5-6-14(21)16(11-13)22-18(25)12-7-9-24(10-8-12)19-23-15-3-1-2-4-17(15)26-19/h1-6,11-12H,7-10H2,(H,22,25). The molecule has 0 spiro atoms. The molecular weight excluding hydrogens is 462 g/mol. The number of para-hydroxylation sites is 2. The van der Waals surface area contributed by atoms with Crippen molar-refractivity contribution in [2.75, 3.05) is 23.3 Å². The quantitative estimate of drug-likeness (QED) is 0.561. The van der Waals surface area contributed by atoms with Gasteiger partial charge in [0.1, 0.15) is 5.52 Å². The van der Waals surface area contributed by atoms with Crippen molar-refractivity contribution < 1.29 is 9.21 Å². The number of aromatic nitrogens is 1. The molecule has 5 nitrogen and oxygen atoms in total. The molecule has 1 aliphatic rings. The van der Waals surface area contributed by atoms with E-state index in [2.05, 4.69) is 47.1 Å². The minimum atomic E-state index is -0.0125. The Morgan fingerprint density at radius 3 is 2.69 bits per heavy atom. The third-order valence-corrected chi connectivity index (χ3v) is 5.79. The average molecular weight is 479 g/mol. The molecule has 0 aliphatic carbocycles. The highest BCUT2D eigenvalue weighted by Gasteiger charge is 2.27. The predicted octanol–water partition coefficient (Wildman–Crippen LogP) is 5.21. The monoisotopic (exact) mass is 477 g/mol. The molecule has 1 aliphatic heterocycles. The van der Waals surface area contributed by atoms with Crippen LogP contribution < -0.4 is 10.2 Å². The number of rotatable bonds is 3. The van der Waals surface area contributed by atoms with Gasteiger partial charge in [0.05, 0.1) is 5.69 Å². The summed E-state index contributed by atoms with van der Waals surface area (Å²) in [6.07, 6.45) is 1.55. The summed E-state index contributed by atoms with van der Waals surface area (Å²) >= 11 is 6.91. The summed E-state index contributed by atoms with van der Waals surface area (Å²) in [7, 11) is 0. The van der Waals surface area contributed by atoms with E-state index in [1.807, 2.05) is 42.5 Å². The molecule has 7 heteroatoms. The third kappa shape index (κ3) is 3.64. The summed E-state index contributed by atoms with van der Waals surface area (Å²) in [6, 6.07) is 14.1. The van der Waals surface area contributed by atoms with Crippen molar-refractivity contribution in [2.24, 2.45) is 5.92 Å². The summed E-state index contributed by atoms with van der Waals surface area (Å²) < 4.78 is 7.64. The Hall–Kier alpha value is -1.86. The van der Waals surface area contributed by atoms with Crippen LogP contribution in [0.1, 0.15) is 12.8 Å². The number of amides is 1. The lowest BCUT2D eigenvalue weighted by Crippen LogP contribution is -2.38. The molecule has 0 saturated carbocycles. The summed E-state index contributed by atoms with van der Waals surface area (Å²) in [5.74, 6) is 0.0440. The fraction of sp³-hybridized carbons (Fsp3) is 0.263. The van der Waals surface area contributed by atoms with Gasteiger partial charge in [-0.3, -0.25) is 4.79 Å². The molecule has 1 fully saturated rings. The lowest BCUT2D eigenvalue weighted by atomic mass is 9.96. The third-order valence-electron chi connectivity index (χ3n) is 4.61. The first-order chi connectivity index (χ1) is 12.6. The lowest BCUT2D eigenvalue weighted by molar-refractivity contribution is -0.120. The number of hydrogen-bond acceptors (Lipinski definition) is 4. The number of halogens is 2. The van der Waals surface area contributed by atoms with Crippen molar-refractivity contribution >= 4 is 60.6 Å². The van der Waals surface area contributed by atoms with E-state index in [0.717, 1.165) is 51.7 Å². The molecule has 134 valence electrons. The van der Waals surface area contributed by atoms with Crippen LogP contribution in [-0.4, -0.2) is 24.0 Å². The molecule has 0 radical (unpaired) electrons. The zero-order chi connectivity index (χ0) is 18.1. The number of carbonyl (C=O) groups is 1. The number of nitrogens with zero attached hydrogens (tertiary/aromatic N) is 2. The topological polar surface area (TPSA) is 58.4 Å². The summed E-state index contributed by atoms with van der Waals surface area (Å²) in [5.41, 5.74) is 2.44. The van der Waals surface area contributed by atoms with E-state index in [1.54, 1.807) is 0 Å². The van der Waals surface area contributed by atoms with E-state index in [-0.39, 0.29) is 11.8 Å². The van der Waals surface area contributed by atoms with E-state index >= 15 is 0 Å². The van der Waals surface area contributed by atoms with Gasteiger partial charge < -0.3 is 14.6 Å². The van der Waals surface area contributed by atoms with Crippen LogP contribution in [0.15, 0.2) is 55.8 Å². The van der Waals surface area contributed by atoms with Crippen LogP contribution in [0.25, 0.3) is 11.1 Å². The van der Waals surface area contributed by atoms with Gasteiger partial charge in [0.25, 0.3) is 6.01 Å². The first-order valence-electron chi connectivity index (χ1n) is 8.46. The largest absolute Gasteiger partial charge is 0.423 e.